The Labute approximate surface area is 149 Å². The smallest absolute Gasteiger partial charge is 0.307 e. The highest BCUT2D eigenvalue weighted by molar-refractivity contribution is 6.03. The van der Waals surface area contributed by atoms with Crippen molar-refractivity contribution in [2.45, 2.75) is 25.3 Å². The van der Waals surface area contributed by atoms with E-state index in [-0.39, 0.29) is 23.7 Å². The number of alkyl halides is 6. The highest BCUT2D eigenvalue weighted by atomic mass is 19.4. The lowest BCUT2D eigenvalue weighted by Gasteiger charge is -2.21. The molecule has 3 rings (SSSR count). The second-order valence-electron chi connectivity index (χ2n) is 5.99. The lowest BCUT2D eigenvalue weighted by atomic mass is 10.0. The predicted octanol–water partition coefficient (Wildman–Crippen LogP) is 4.63. The zero-order valence-electron chi connectivity index (χ0n) is 13.5. The first kappa shape index (κ1) is 18.9. The van der Waals surface area contributed by atoms with Crippen molar-refractivity contribution in [2.24, 2.45) is 0 Å². The molecule has 1 aliphatic heterocycles. The molecule has 2 aromatic rings. The summed E-state index contributed by atoms with van der Waals surface area (Å²) < 4.78 is 78.2. The standard InChI is InChI=1S/C18H11F6NO2/c19-17(20,21)12-5-4-10(14(6-12)18(22,23)24)8-25-15-3-1-2-11(9-26)13(15)7-16(25)27/h1-6,9H,7-8H2. The maximum atomic E-state index is 13.3. The molecule has 0 atom stereocenters. The van der Waals surface area contributed by atoms with Crippen LogP contribution in [0.2, 0.25) is 0 Å². The molecule has 1 aliphatic rings. The molecule has 27 heavy (non-hydrogen) atoms. The Kier molecular flexibility index (Phi) is 4.49. The van der Waals surface area contributed by atoms with Gasteiger partial charge >= 0.3 is 12.4 Å². The van der Waals surface area contributed by atoms with Crippen LogP contribution in [0.15, 0.2) is 36.4 Å². The number of anilines is 1. The summed E-state index contributed by atoms with van der Waals surface area (Å²) in [5, 5.41) is 0. The molecule has 142 valence electrons. The molecule has 1 heterocycles. The highest BCUT2D eigenvalue weighted by Gasteiger charge is 2.39. The van der Waals surface area contributed by atoms with Crippen molar-refractivity contribution in [1.82, 2.24) is 0 Å². The van der Waals surface area contributed by atoms with Crippen LogP contribution < -0.4 is 4.90 Å². The maximum Gasteiger partial charge on any atom is 0.416 e. The average Bonchev–Trinajstić information content (AvgIpc) is 2.89. The fourth-order valence-electron chi connectivity index (χ4n) is 3.03. The summed E-state index contributed by atoms with van der Waals surface area (Å²) in [6.45, 7) is -0.554. The van der Waals surface area contributed by atoms with Crippen molar-refractivity contribution >= 4 is 17.9 Å². The van der Waals surface area contributed by atoms with E-state index in [2.05, 4.69) is 0 Å². The molecular formula is C18H11F6NO2. The number of carbonyl (C=O) groups excluding carboxylic acids is 2. The van der Waals surface area contributed by atoms with Gasteiger partial charge in [0.1, 0.15) is 6.29 Å². The molecule has 0 saturated carbocycles. The Morgan fingerprint density at radius 3 is 2.30 bits per heavy atom. The summed E-state index contributed by atoms with van der Waals surface area (Å²) >= 11 is 0. The monoisotopic (exact) mass is 387 g/mol. The zero-order chi connectivity index (χ0) is 20.0. The van der Waals surface area contributed by atoms with Crippen LogP contribution in [0.1, 0.15) is 32.6 Å². The molecule has 0 fully saturated rings. The Morgan fingerprint density at radius 1 is 1.00 bits per heavy atom. The molecule has 0 N–H and O–H groups in total. The molecule has 0 aliphatic carbocycles. The second-order valence-corrected chi connectivity index (χ2v) is 5.99. The fourth-order valence-corrected chi connectivity index (χ4v) is 3.03. The van der Waals surface area contributed by atoms with Gasteiger partial charge in [-0.25, -0.2) is 0 Å². The molecular weight excluding hydrogens is 376 g/mol. The second kappa shape index (κ2) is 6.40. The van der Waals surface area contributed by atoms with Gasteiger partial charge in [0.2, 0.25) is 5.91 Å². The maximum absolute atomic E-state index is 13.3. The van der Waals surface area contributed by atoms with Crippen LogP contribution in [-0.4, -0.2) is 12.2 Å². The Hall–Kier alpha value is -2.84. The van der Waals surface area contributed by atoms with E-state index in [9.17, 15) is 35.9 Å². The Bertz CT molecular complexity index is 917. The van der Waals surface area contributed by atoms with E-state index in [1.807, 2.05) is 0 Å². The van der Waals surface area contributed by atoms with Crippen molar-refractivity contribution in [2.75, 3.05) is 4.90 Å². The fraction of sp³-hybridized carbons (Fsp3) is 0.222. The minimum absolute atomic E-state index is 0.0403. The summed E-state index contributed by atoms with van der Waals surface area (Å²) in [5.41, 5.74) is -2.43. The van der Waals surface area contributed by atoms with Crippen LogP contribution in [0.5, 0.6) is 0 Å². The van der Waals surface area contributed by atoms with Crippen molar-refractivity contribution < 1.29 is 35.9 Å². The quantitative estimate of drug-likeness (QED) is 0.569. The van der Waals surface area contributed by atoms with Gasteiger partial charge < -0.3 is 4.90 Å². The van der Waals surface area contributed by atoms with Crippen molar-refractivity contribution in [3.8, 4) is 0 Å². The lowest BCUT2D eigenvalue weighted by molar-refractivity contribution is -0.143. The van der Waals surface area contributed by atoms with Gasteiger partial charge in [0.25, 0.3) is 0 Å². The number of halogens is 6. The van der Waals surface area contributed by atoms with E-state index in [0.717, 1.165) is 11.0 Å². The predicted molar refractivity (Wildman–Crippen MR) is 83.2 cm³/mol. The minimum atomic E-state index is -5.02. The van der Waals surface area contributed by atoms with Gasteiger partial charge in [0, 0.05) is 11.3 Å². The first-order chi connectivity index (χ1) is 12.5. The van der Waals surface area contributed by atoms with Gasteiger partial charge in [-0.15, -0.1) is 0 Å². The molecule has 1 amide bonds. The number of carbonyl (C=O) groups is 2. The van der Waals surface area contributed by atoms with E-state index in [0.29, 0.717) is 17.9 Å². The Morgan fingerprint density at radius 2 is 1.70 bits per heavy atom. The van der Waals surface area contributed by atoms with E-state index < -0.39 is 41.5 Å². The summed E-state index contributed by atoms with van der Waals surface area (Å²) in [4.78, 5) is 24.4. The van der Waals surface area contributed by atoms with Crippen molar-refractivity contribution in [3.05, 3.63) is 64.2 Å². The average molecular weight is 387 g/mol. The number of hydrogen-bond acceptors (Lipinski definition) is 2. The van der Waals surface area contributed by atoms with Crippen LogP contribution in [-0.2, 0) is 30.1 Å². The van der Waals surface area contributed by atoms with Crippen LogP contribution in [0, 0.1) is 0 Å². The van der Waals surface area contributed by atoms with Crippen LogP contribution in [0.25, 0.3) is 0 Å². The van der Waals surface area contributed by atoms with E-state index in [1.165, 1.54) is 18.2 Å². The van der Waals surface area contributed by atoms with Crippen LogP contribution in [0.4, 0.5) is 32.0 Å². The molecule has 0 spiro atoms. The molecule has 9 heteroatoms. The molecule has 2 aromatic carbocycles. The minimum Gasteiger partial charge on any atom is -0.307 e. The molecule has 0 bridgehead atoms. The highest BCUT2D eigenvalue weighted by Crippen LogP contribution is 2.39. The van der Waals surface area contributed by atoms with Gasteiger partial charge in [0.15, 0.2) is 0 Å². The van der Waals surface area contributed by atoms with Gasteiger partial charge in [-0.2, -0.15) is 26.3 Å². The van der Waals surface area contributed by atoms with Crippen LogP contribution in [0.3, 0.4) is 0 Å². The van der Waals surface area contributed by atoms with Crippen molar-refractivity contribution in [1.29, 1.82) is 0 Å². The third-order valence-electron chi connectivity index (χ3n) is 4.31. The SMILES string of the molecule is O=Cc1cccc2c1CC(=O)N2Cc1ccc(C(F)(F)F)cc1C(F)(F)F. The first-order valence-corrected chi connectivity index (χ1v) is 7.67. The molecule has 0 aromatic heterocycles. The number of aldehydes is 1. The first-order valence-electron chi connectivity index (χ1n) is 7.67. The Balaban J connectivity index is 2.04. The molecule has 0 unspecified atom stereocenters. The number of nitrogens with zero attached hydrogens (tertiary/aromatic N) is 1. The third kappa shape index (κ3) is 3.54. The largest absolute Gasteiger partial charge is 0.416 e. The van der Waals surface area contributed by atoms with Gasteiger partial charge in [-0.3, -0.25) is 9.59 Å². The summed E-state index contributed by atoms with van der Waals surface area (Å²) in [6.07, 6.45) is -9.57. The van der Waals surface area contributed by atoms with Gasteiger partial charge in [-0.05, 0) is 29.3 Å². The third-order valence-corrected chi connectivity index (χ3v) is 4.31. The van der Waals surface area contributed by atoms with Crippen LogP contribution >= 0.6 is 0 Å². The summed E-state index contributed by atoms with van der Waals surface area (Å²) in [5.74, 6) is -0.535. The van der Waals surface area contributed by atoms with E-state index in [1.54, 1.807) is 0 Å². The number of hydrogen-bond donors (Lipinski definition) is 0. The number of fused-ring (bicyclic) bond motifs is 1. The van der Waals surface area contributed by atoms with E-state index in [4.69, 9.17) is 0 Å². The normalized spacial score (nSPS) is 14.4. The van der Waals surface area contributed by atoms with Crippen molar-refractivity contribution in [3.63, 3.8) is 0 Å². The number of benzene rings is 2. The number of amides is 1. The molecule has 3 nitrogen and oxygen atoms in total. The summed E-state index contributed by atoms with van der Waals surface area (Å²) in [7, 11) is 0. The lowest BCUT2D eigenvalue weighted by Crippen LogP contribution is -2.27. The van der Waals surface area contributed by atoms with Gasteiger partial charge in [0.05, 0.1) is 24.1 Å². The molecule has 0 saturated heterocycles. The van der Waals surface area contributed by atoms with E-state index >= 15 is 0 Å². The topological polar surface area (TPSA) is 37.4 Å². The number of rotatable bonds is 3. The zero-order valence-corrected chi connectivity index (χ0v) is 13.5. The van der Waals surface area contributed by atoms with Gasteiger partial charge in [-0.1, -0.05) is 18.2 Å². The molecule has 0 radical (unpaired) electrons. The summed E-state index contributed by atoms with van der Waals surface area (Å²) in [6, 6.07) is 5.74.